The lowest BCUT2D eigenvalue weighted by molar-refractivity contribution is -0.138. The highest BCUT2D eigenvalue weighted by atomic mass is 16.5. The quantitative estimate of drug-likeness (QED) is 0.0915. The fourth-order valence-corrected chi connectivity index (χ4v) is 3.60. The van der Waals surface area contributed by atoms with Crippen LogP contribution in [-0.2, 0) is 25.5 Å². The van der Waals surface area contributed by atoms with Crippen LogP contribution < -0.4 is 9.47 Å². The summed E-state index contributed by atoms with van der Waals surface area (Å²) >= 11 is 0. The molecule has 0 fully saturated rings. The van der Waals surface area contributed by atoms with E-state index in [1.54, 1.807) is 0 Å². The first-order valence-corrected chi connectivity index (χ1v) is 14.7. The lowest BCUT2D eigenvalue weighted by atomic mass is 10.0. The van der Waals surface area contributed by atoms with E-state index < -0.39 is 11.9 Å². The summed E-state index contributed by atoms with van der Waals surface area (Å²) in [6, 6.07) is 21.2. The Labute approximate surface area is 261 Å². The average Bonchev–Trinajstić information content (AvgIpc) is 3.07. The fraction of sp³-hybridized carbons (Fsp3) is 0.263. The maximum absolute atomic E-state index is 11.0. The SMILES string of the molecule is C=CC(=O)OCCCOc1ccc(C#Cc2ccc(C#Cc3ccc(OCCCOC(=O)C=C)cc3)c(CC)c2)cc1.CC. The number of rotatable bonds is 13. The molecular formula is C38H40O6. The van der Waals surface area contributed by atoms with Crippen molar-refractivity contribution in [2.24, 2.45) is 0 Å². The highest BCUT2D eigenvalue weighted by molar-refractivity contribution is 5.81. The first-order chi connectivity index (χ1) is 21.5. The van der Waals surface area contributed by atoms with Crippen LogP contribution in [0.1, 0.15) is 61.4 Å². The fourth-order valence-electron chi connectivity index (χ4n) is 3.60. The van der Waals surface area contributed by atoms with Crippen LogP contribution in [0.5, 0.6) is 11.5 Å². The summed E-state index contributed by atoms with van der Waals surface area (Å²) in [7, 11) is 0. The van der Waals surface area contributed by atoms with Crippen molar-refractivity contribution in [2.45, 2.75) is 40.0 Å². The smallest absolute Gasteiger partial charge is 0.330 e. The van der Waals surface area contributed by atoms with Crippen LogP contribution in [-0.4, -0.2) is 38.4 Å². The standard InChI is InChI=1S/C36H34O6.C2H6/c1-4-31-27-30(10-9-28-13-19-33(20-14-28)39-23-7-25-41-35(37)5-2)12-18-32(31)17-11-29-15-21-34(22-16-29)40-24-8-26-42-36(38)6-3;1-2/h5-6,12-16,18-22,27H,2-4,7-8,23-26H2,1H3;1-2H3. The summed E-state index contributed by atoms with van der Waals surface area (Å²) in [5.74, 6) is 13.5. The van der Waals surface area contributed by atoms with Crippen molar-refractivity contribution in [1.82, 2.24) is 0 Å². The van der Waals surface area contributed by atoms with Gasteiger partial charge in [-0.05, 0) is 78.7 Å². The monoisotopic (exact) mass is 592 g/mol. The lowest BCUT2D eigenvalue weighted by Gasteiger charge is -2.06. The van der Waals surface area contributed by atoms with Gasteiger partial charge >= 0.3 is 11.9 Å². The van der Waals surface area contributed by atoms with E-state index in [9.17, 15) is 9.59 Å². The Morgan fingerprint density at radius 1 is 0.636 bits per heavy atom. The molecule has 0 amide bonds. The minimum atomic E-state index is -0.431. The third kappa shape index (κ3) is 13.2. The minimum Gasteiger partial charge on any atom is -0.493 e. The summed E-state index contributed by atoms with van der Waals surface area (Å²) < 4.78 is 21.2. The Bertz CT molecular complexity index is 1480. The number of benzene rings is 3. The van der Waals surface area contributed by atoms with E-state index >= 15 is 0 Å². The molecule has 0 aliphatic heterocycles. The molecule has 6 heteroatoms. The lowest BCUT2D eigenvalue weighted by Crippen LogP contribution is -2.06. The largest absolute Gasteiger partial charge is 0.493 e. The predicted octanol–water partition coefficient (Wildman–Crippen LogP) is 7.07. The van der Waals surface area contributed by atoms with Gasteiger partial charge in [0.1, 0.15) is 11.5 Å². The number of hydrogen-bond donors (Lipinski definition) is 0. The molecule has 0 aromatic heterocycles. The maximum atomic E-state index is 11.0. The van der Waals surface area contributed by atoms with Crippen LogP contribution in [0, 0.1) is 23.7 Å². The van der Waals surface area contributed by atoms with Gasteiger partial charge in [0, 0.05) is 47.2 Å². The molecule has 6 nitrogen and oxygen atoms in total. The second-order valence-corrected chi connectivity index (χ2v) is 8.92. The average molecular weight is 593 g/mol. The summed E-state index contributed by atoms with van der Waals surface area (Å²) in [5.41, 5.74) is 4.80. The third-order valence-electron chi connectivity index (χ3n) is 5.82. The minimum absolute atomic E-state index is 0.293. The molecule has 0 aliphatic rings. The normalized spacial score (nSPS) is 9.43. The summed E-state index contributed by atoms with van der Waals surface area (Å²) in [5, 5.41) is 0. The van der Waals surface area contributed by atoms with E-state index in [4.69, 9.17) is 18.9 Å². The molecule has 0 radical (unpaired) electrons. The van der Waals surface area contributed by atoms with Gasteiger partial charge in [-0.25, -0.2) is 9.59 Å². The topological polar surface area (TPSA) is 71.1 Å². The van der Waals surface area contributed by atoms with Crippen molar-refractivity contribution >= 4 is 11.9 Å². The van der Waals surface area contributed by atoms with Gasteiger partial charge < -0.3 is 18.9 Å². The van der Waals surface area contributed by atoms with Crippen LogP contribution >= 0.6 is 0 Å². The first-order valence-electron chi connectivity index (χ1n) is 14.7. The number of esters is 2. The number of ether oxygens (including phenoxy) is 4. The van der Waals surface area contributed by atoms with Gasteiger partial charge in [0.05, 0.1) is 26.4 Å². The van der Waals surface area contributed by atoms with E-state index in [1.807, 2.05) is 74.5 Å². The van der Waals surface area contributed by atoms with E-state index in [0.29, 0.717) is 39.3 Å². The molecule has 0 spiro atoms. The molecular weight excluding hydrogens is 552 g/mol. The molecule has 44 heavy (non-hydrogen) atoms. The van der Waals surface area contributed by atoms with Crippen LogP contribution in [0.3, 0.4) is 0 Å². The summed E-state index contributed by atoms with van der Waals surface area (Å²) in [6.45, 7) is 14.3. The van der Waals surface area contributed by atoms with Gasteiger partial charge in [-0.1, -0.05) is 57.6 Å². The van der Waals surface area contributed by atoms with Gasteiger partial charge in [-0.3, -0.25) is 0 Å². The zero-order valence-electron chi connectivity index (χ0n) is 25.8. The molecule has 0 unspecified atom stereocenters. The van der Waals surface area contributed by atoms with E-state index in [0.717, 1.165) is 57.9 Å². The molecule has 0 aliphatic carbocycles. The second-order valence-electron chi connectivity index (χ2n) is 8.92. The Morgan fingerprint density at radius 3 is 1.52 bits per heavy atom. The molecule has 0 saturated carbocycles. The second kappa shape index (κ2) is 20.6. The van der Waals surface area contributed by atoms with Crippen LogP contribution in [0.2, 0.25) is 0 Å². The molecule has 0 saturated heterocycles. The zero-order chi connectivity index (χ0) is 32.0. The number of carbonyl (C=O) groups is 2. The van der Waals surface area contributed by atoms with Crippen LogP contribution in [0.4, 0.5) is 0 Å². The molecule has 0 atom stereocenters. The number of hydrogen-bond acceptors (Lipinski definition) is 6. The Balaban J connectivity index is 0.00000330. The van der Waals surface area contributed by atoms with Crippen molar-refractivity contribution in [2.75, 3.05) is 26.4 Å². The van der Waals surface area contributed by atoms with Crippen molar-refractivity contribution in [3.05, 3.63) is 120 Å². The molecule has 0 N–H and O–H groups in total. The number of carbonyl (C=O) groups excluding carboxylic acids is 2. The van der Waals surface area contributed by atoms with Gasteiger partial charge in [-0.2, -0.15) is 0 Å². The van der Waals surface area contributed by atoms with Crippen molar-refractivity contribution in [1.29, 1.82) is 0 Å². The van der Waals surface area contributed by atoms with E-state index in [1.165, 1.54) is 0 Å². The van der Waals surface area contributed by atoms with Crippen LogP contribution in [0.25, 0.3) is 0 Å². The van der Waals surface area contributed by atoms with E-state index in [-0.39, 0.29) is 0 Å². The summed E-state index contributed by atoms with van der Waals surface area (Å²) in [4.78, 5) is 22.1. The molecule has 0 bridgehead atoms. The summed E-state index contributed by atoms with van der Waals surface area (Å²) in [6.07, 6.45) is 4.33. The first kappa shape index (κ1) is 35.0. The molecule has 228 valence electrons. The van der Waals surface area contributed by atoms with Crippen LogP contribution in [0.15, 0.2) is 92.0 Å². The molecule has 3 rings (SSSR count). The van der Waals surface area contributed by atoms with Crippen molar-refractivity contribution < 1.29 is 28.5 Å². The predicted molar refractivity (Wildman–Crippen MR) is 175 cm³/mol. The van der Waals surface area contributed by atoms with Gasteiger partial charge in [0.2, 0.25) is 0 Å². The van der Waals surface area contributed by atoms with Crippen molar-refractivity contribution in [3.63, 3.8) is 0 Å². The maximum Gasteiger partial charge on any atom is 0.330 e. The van der Waals surface area contributed by atoms with Gasteiger partial charge in [-0.15, -0.1) is 0 Å². The Hall–Kier alpha value is -5.20. The highest BCUT2D eigenvalue weighted by Crippen LogP contribution is 2.15. The molecule has 3 aromatic rings. The van der Waals surface area contributed by atoms with Gasteiger partial charge in [0.15, 0.2) is 0 Å². The highest BCUT2D eigenvalue weighted by Gasteiger charge is 2.01. The number of aryl methyl sites for hydroxylation is 1. The third-order valence-corrected chi connectivity index (χ3v) is 5.82. The Morgan fingerprint density at radius 2 is 1.07 bits per heavy atom. The van der Waals surface area contributed by atoms with E-state index in [2.05, 4.69) is 49.8 Å². The zero-order valence-corrected chi connectivity index (χ0v) is 25.8. The molecule has 0 heterocycles. The van der Waals surface area contributed by atoms with Crippen molar-refractivity contribution in [3.8, 4) is 35.2 Å². The Kier molecular flexibility index (Phi) is 16.4. The van der Waals surface area contributed by atoms with Gasteiger partial charge in [0.25, 0.3) is 0 Å². The molecule has 3 aromatic carbocycles.